The van der Waals surface area contributed by atoms with Gasteiger partial charge in [-0.25, -0.2) is 8.42 Å². The summed E-state index contributed by atoms with van der Waals surface area (Å²) in [5.41, 5.74) is 0.841. The first-order chi connectivity index (χ1) is 8.00. The van der Waals surface area contributed by atoms with Crippen molar-refractivity contribution in [2.24, 2.45) is 0 Å². The summed E-state index contributed by atoms with van der Waals surface area (Å²) in [6.07, 6.45) is 1.29. The molecule has 1 heterocycles. The highest BCUT2D eigenvalue weighted by Gasteiger charge is 2.19. The summed E-state index contributed by atoms with van der Waals surface area (Å²) in [5.74, 6) is 0.151. The molecule has 7 heteroatoms. The molecule has 0 radical (unpaired) electrons. The molecule has 90 valence electrons. The van der Waals surface area contributed by atoms with Gasteiger partial charge in [-0.15, -0.1) is 0 Å². The van der Waals surface area contributed by atoms with Crippen LogP contribution in [-0.2, 0) is 10.0 Å². The second kappa shape index (κ2) is 4.50. The molecule has 17 heavy (non-hydrogen) atoms. The van der Waals surface area contributed by atoms with Crippen molar-refractivity contribution in [2.45, 2.75) is 11.8 Å². The average molecular weight is 317 g/mol. The fourth-order valence-corrected chi connectivity index (χ4v) is 3.33. The Hall–Kier alpha value is -1.34. The number of rotatable bonds is 3. The van der Waals surface area contributed by atoms with Crippen molar-refractivity contribution in [1.82, 2.24) is 5.16 Å². The lowest BCUT2D eigenvalue weighted by atomic mass is 10.2. The predicted octanol–water partition coefficient (Wildman–Crippen LogP) is 2.55. The lowest BCUT2D eigenvalue weighted by Crippen LogP contribution is -2.14. The minimum atomic E-state index is -3.66. The van der Waals surface area contributed by atoms with E-state index in [-0.39, 0.29) is 10.7 Å². The Balaban J connectivity index is 2.42. The van der Waals surface area contributed by atoms with Gasteiger partial charge in [-0.2, -0.15) is 0 Å². The molecule has 0 spiro atoms. The number of aryl methyl sites for hydroxylation is 1. The molecule has 1 aromatic carbocycles. The quantitative estimate of drug-likeness (QED) is 0.944. The summed E-state index contributed by atoms with van der Waals surface area (Å²) >= 11 is 3.26. The number of benzene rings is 1. The van der Waals surface area contributed by atoms with Crippen molar-refractivity contribution >= 4 is 31.8 Å². The largest absolute Gasteiger partial charge is 0.363 e. The maximum absolute atomic E-state index is 12.0. The maximum atomic E-state index is 12.0. The minimum absolute atomic E-state index is 0.151. The Morgan fingerprint density at radius 1 is 1.35 bits per heavy atom. The van der Waals surface area contributed by atoms with Crippen LogP contribution >= 0.6 is 15.9 Å². The van der Waals surface area contributed by atoms with Gasteiger partial charge in [-0.3, -0.25) is 4.72 Å². The first-order valence-electron chi connectivity index (χ1n) is 4.69. The van der Waals surface area contributed by atoms with Crippen molar-refractivity contribution < 1.29 is 12.9 Å². The van der Waals surface area contributed by atoms with Gasteiger partial charge in [0.05, 0.1) is 0 Å². The molecule has 0 unspecified atom stereocenters. The van der Waals surface area contributed by atoms with Crippen LogP contribution in [0.4, 0.5) is 5.82 Å². The van der Waals surface area contributed by atoms with Crippen LogP contribution in [0, 0.1) is 6.92 Å². The first kappa shape index (κ1) is 12.1. The number of hydrogen-bond acceptors (Lipinski definition) is 4. The Labute approximate surface area is 107 Å². The van der Waals surface area contributed by atoms with E-state index in [0.717, 1.165) is 5.56 Å². The zero-order valence-electron chi connectivity index (χ0n) is 8.84. The van der Waals surface area contributed by atoms with E-state index in [9.17, 15) is 8.42 Å². The number of hydrogen-bond donors (Lipinski definition) is 1. The van der Waals surface area contributed by atoms with E-state index >= 15 is 0 Å². The second-order valence-electron chi connectivity index (χ2n) is 3.38. The standard InChI is InChI=1S/C10H9BrN2O3S/c1-7-3-2-4-8(10(7)11)17(14,15)13-9-5-6-16-12-9/h2-6H,1H3,(H,12,13). The third kappa shape index (κ3) is 2.50. The summed E-state index contributed by atoms with van der Waals surface area (Å²) in [5, 5.41) is 3.50. The van der Waals surface area contributed by atoms with Crippen LogP contribution in [0.3, 0.4) is 0 Å². The number of nitrogens with one attached hydrogen (secondary N) is 1. The predicted molar refractivity (Wildman–Crippen MR) is 66.2 cm³/mol. The lowest BCUT2D eigenvalue weighted by molar-refractivity contribution is 0.423. The molecule has 0 aliphatic carbocycles. The molecule has 0 amide bonds. The molecule has 0 aliphatic rings. The third-order valence-corrected chi connectivity index (χ3v) is 4.83. The summed E-state index contributed by atoms with van der Waals surface area (Å²) in [6, 6.07) is 6.44. The van der Waals surface area contributed by atoms with Crippen LogP contribution in [-0.4, -0.2) is 13.6 Å². The smallest absolute Gasteiger partial charge is 0.264 e. The summed E-state index contributed by atoms with van der Waals surface area (Å²) in [6.45, 7) is 1.82. The molecule has 0 saturated carbocycles. The second-order valence-corrected chi connectivity index (χ2v) is 5.82. The molecule has 0 aliphatic heterocycles. The molecular weight excluding hydrogens is 308 g/mol. The average Bonchev–Trinajstić information content (AvgIpc) is 2.73. The van der Waals surface area contributed by atoms with Crippen LogP contribution in [0.2, 0.25) is 0 Å². The third-order valence-electron chi connectivity index (χ3n) is 2.12. The van der Waals surface area contributed by atoms with Crippen LogP contribution in [0.15, 0.2) is 44.4 Å². The molecule has 0 saturated heterocycles. The van der Waals surface area contributed by atoms with E-state index in [2.05, 4.69) is 30.3 Å². The van der Waals surface area contributed by atoms with Crippen molar-refractivity contribution in [3.05, 3.63) is 40.6 Å². The number of anilines is 1. The normalized spacial score (nSPS) is 11.4. The van der Waals surface area contributed by atoms with E-state index in [1.54, 1.807) is 6.07 Å². The molecule has 1 N–H and O–H groups in total. The zero-order chi connectivity index (χ0) is 12.5. The topological polar surface area (TPSA) is 72.2 Å². The summed E-state index contributed by atoms with van der Waals surface area (Å²) in [4.78, 5) is 0.167. The van der Waals surface area contributed by atoms with Crippen LogP contribution in [0.5, 0.6) is 0 Å². The SMILES string of the molecule is Cc1cccc(S(=O)(=O)Nc2ccon2)c1Br. The van der Waals surface area contributed by atoms with Crippen molar-refractivity contribution in [3.63, 3.8) is 0 Å². The lowest BCUT2D eigenvalue weighted by Gasteiger charge is -2.08. The van der Waals surface area contributed by atoms with Gasteiger partial charge >= 0.3 is 0 Å². The van der Waals surface area contributed by atoms with Gasteiger partial charge in [0.25, 0.3) is 10.0 Å². The van der Waals surface area contributed by atoms with Gasteiger partial charge in [-0.1, -0.05) is 17.3 Å². The van der Waals surface area contributed by atoms with E-state index in [0.29, 0.717) is 4.47 Å². The zero-order valence-corrected chi connectivity index (χ0v) is 11.2. The van der Waals surface area contributed by atoms with Crippen molar-refractivity contribution in [1.29, 1.82) is 0 Å². The van der Waals surface area contributed by atoms with Gasteiger partial charge in [-0.05, 0) is 34.5 Å². The van der Waals surface area contributed by atoms with E-state index in [1.165, 1.54) is 18.4 Å². The molecule has 2 rings (SSSR count). The monoisotopic (exact) mass is 316 g/mol. The fourth-order valence-electron chi connectivity index (χ4n) is 1.29. The van der Waals surface area contributed by atoms with Crippen LogP contribution < -0.4 is 4.72 Å². The van der Waals surface area contributed by atoms with E-state index in [1.807, 2.05) is 13.0 Å². The molecule has 0 atom stereocenters. The van der Waals surface area contributed by atoms with Gasteiger partial charge in [0.15, 0.2) is 5.82 Å². The first-order valence-corrected chi connectivity index (χ1v) is 6.96. The number of nitrogens with zero attached hydrogens (tertiary/aromatic N) is 1. The molecule has 5 nitrogen and oxygen atoms in total. The number of sulfonamides is 1. The molecule has 0 fully saturated rings. The highest BCUT2D eigenvalue weighted by Crippen LogP contribution is 2.26. The molecule has 1 aromatic heterocycles. The minimum Gasteiger partial charge on any atom is -0.363 e. The molecular formula is C10H9BrN2O3S. The molecule has 0 bridgehead atoms. The summed E-state index contributed by atoms with van der Waals surface area (Å²) in [7, 11) is -3.66. The fraction of sp³-hybridized carbons (Fsp3) is 0.100. The van der Waals surface area contributed by atoms with Gasteiger partial charge in [0, 0.05) is 10.5 Å². The highest BCUT2D eigenvalue weighted by molar-refractivity contribution is 9.10. The van der Waals surface area contributed by atoms with Gasteiger partial charge < -0.3 is 4.52 Å². The van der Waals surface area contributed by atoms with Crippen molar-refractivity contribution in [2.75, 3.05) is 4.72 Å². The Morgan fingerprint density at radius 2 is 2.12 bits per heavy atom. The Morgan fingerprint density at radius 3 is 2.76 bits per heavy atom. The van der Waals surface area contributed by atoms with Crippen molar-refractivity contribution in [3.8, 4) is 0 Å². The van der Waals surface area contributed by atoms with Gasteiger partial charge in [0.2, 0.25) is 0 Å². The Bertz CT molecular complexity index is 623. The van der Waals surface area contributed by atoms with Crippen LogP contribution in [0.1, 0.15) is 5.56 Å². The van der Waals surface area contributed by atoms with Crippen LogP contribution in [0.25, 0.3) is 0 Å². The van der Waals surface area contributed by atoms with E-state index in [4.69, 9.17) is 0 Å². The number of halogens is 1. The van der Waals surface area contributed by atoms with E-state index < -0.39 is 10.0 Å². The Kier molecular flexibility index (Phi) is 3.21. The van der Waals surface area contributed by atoms with Gasteiger partial charge in [0.1, 0.15) is 11.2 Å². The highest BCUT2D eigenvalue weighted by atomic mass is 79.9. The molecule has 2 aromatic rings. The summed E-state index contributed by atoms with van der Waals surface area (Å²) < 4.78 is 31.5. The maximum Gasteiger partial charge on any atom is 0.264 e. The number of aromatic nitrogens is 1.